The Balaban J connectivity index is 2.77. The lowest BCUT2D eigenvalue weighted by atomic mass is 9.90. The molecule has 0 aromatic heterocycles. The van der Waals surface area contributed by atoms with Gasteiger partial charge in [-0.2, -0.15) is 5.26 Å². The summed E-state index contributed by atoms with van der Waals surface area (Å²) < 4.78 is 24.3. The molecule has 16 heavy (non-hydrogen) atoms. The van der Waals surface area contributed by atoms with E-state index in [2.05, 4.69) is 6.07 Å². The van der Waals surface area contributed by atoms with Crippen LogP contribution in [0.3, 0.4) is 0 Å². The molecular formula is C12H21NO2S. The van der Waals surface area contributed by atoms with E-state index in [9.17, 15) is 8.42 Å². The summed E-state index contributed by atoms with van der Waals surface area (Å²) in [6.07, 6.45) is 4.25. The second kappa shape index (κ2) is 5.67. The molecule has 1 rings (SSSR count). The smallest absolute Gasteiger partial charge is 0.154 e. The Bertz CT molecular complexity index is 356. The number of nitriles is 1. The van der Waals surface area contributed by atoms with Gasteiger partial charge in [-0.15, -0.1) is 0 Å². The van der Waals surface area contributed by atoms with Crippen LogP contribution in [0.1, 0.15) is 46.0 Å². The fraction of sp³-hybridized carbons (Fsp3) is 0.917. The third-order valence-electron chi connectivity index (χ3n) is 3.54. The Morgan fingerprint density at radius 2 is 2.00 bits per heavy atom. The van der Waals surface area contributed by atoms with Crippen LogP contribution in [-0.4, -0.2) is 19.4 Å². The average molecular weight is 243 g/mol. The second-order valence-electron chi connectivity index (χ2n) is 4.90. The maximum Gasteiger partial charge on any atom is 0.154 e. The van der Waals surface area contributed by atoms with Crippen molar-refractivity contribution < 1.29 is 8.42 Å². The Morgan fingerprint density at radius 3 is 2.56 bits per heavy atom. The van der Waals surface area contributed by atoms with E-state index >= 15 is 0 Å². The van der Waals surface area contributed by atoms with E-state index in [0.717, 1.165) is 25.7 Å². The number of hydrogen-bond acceptors (Lipinski definition) is 3. The van der Waals surface area contributed by atoms with Gasteiger partial charge in [0.1, 0.15) is 0 Å². The van der Waals surface area contributed by atoms with E-state index in [4.69, 9.17) is 5.26 Å². The molecule has 3 nitrogen and oxygen atoms in total. The predicted octanol–water partition coefficient (Wildman–Crippen LogP) is 2.53. The normalized spacial score (nSPS) is 28.3. The van der Waals surface area contributed by atoms with Gasteiger partial charge in [0, 0.05) is 0 Å². The molecule has 0 N–H and O–H groups in total. The molecule has 3 unspecified atom stereocenters. The first-order valence-electron chi connectivity index (χ1n) is 6.12. The van der Waals surface area contributed by atoms with E-state index in [1.165, 1.54) is 0 Å². The zero-order chi connectivity index (χ0) is 12.2. The molecule has 0 radical (unpaired) electrons. The molecule has 92 valence electrons. The lowest BCUT2D eigenvalue weighted by molar-refractivity contribution is 0.416. The fourth-order valence-electron chi connectivity index (χ4n) is 2.31. The number of sulfone groups is 1. The minimum absolute atomic E-state index is 0.200. The molecule has 0 aromatic carbocycles. The van der Waals surface area contributed by atoms with Crippen molar-refractivity contribution in [2.75, 3.05) is 5.75 Å². The molecule has 1 saturated carbocycles. The minimum Gasteiger partial charge on any atom is -0.228 e. The van der Waals surface area contributed by atoms with Crippen LogP contribution in [0.4, 0.5) is 0 Å². The van der Waals surface area contributed by atoms with Crippen molar-refractivity contribution in [3.05, 3.63) is 0 Å². The van der Waals surface area contributed by atoms with Crippen LogP contribution in [0, 0.1) is 23.2 Å². The summed E-state index contributed by atoms with van der Waals surface area (Å²) in [5.41, 5.74) is 0. The summed E-state index contributed by atoms with van der Waals surface area (Å²) in [6, 6.07) is 2.17. The molecular weight excluding hydrogens is 222 g/mol. The van der Waals surface area contributed by atoms with Crippen molar-refractivity contribution in [1.82, 2.24) is 0 Å². The number of nitrogens with zero attached hydrogens (tertiary/aromatic N) is 1. The van der Waals surface area contributed by atoms with Crippen LogP contribution in [0.25, 0.3) is 0 Å². The summed E-state index contributed by atoms with van der Waals surface area (Å²) in [4.78, 5) is 0. The maximum absolute atomic E-state index is 12.2. The predicted molar refractivity (Wildman–Crippen MR) is 64.6 cm³/mol. The molecule has 3 atom stereocenters. The molecule has 1 aliphatic rings. The van der Waals surface area contributed by atoms with E-state index < -0.39 is 15.1 Å². The molecule has 0 spiro atoms. The highest BCUT2D eigenvalue weighted by molar-refractivity contribution is 7.92. The second-order valence-corrected chi connectivity index (χ2v) is 7.17. The minimum atomic E-state index is -3.08. The molecule has 1 aliphatic carbocycles. The standard InChI is InChI=1S/C12H21NO2S/c1-3-10(2)9-16(14,15)12-7-5-4-6-11(12)8-13/h10-12H,3-7,9H2,1-2H3. The monoisotopic (exact) mass is 243 g/mol. The van der Waals surface area contributed by atoms with Crippen LogP contribution in [0.2, 0.25) is 0 Å². The summed E-state index contributed by atoms with van der Waals surface area (Å²) in [5, 5.41) is 8.60. The lowest BCUT2D eigenvalue weighted by Crippen LogP contribution is -2.35. The first-order valence-corrected chi connectivity index (χ1v) is 7.84. The molecule has 1 fully saturated rings. The number of rotatable bonds is 4. The van der Waals surface area contributed by atoms with Crippen molar-refractivity contribution in [3.63, 3.8) is 0 Å². The molecule has 4 heteroatoms. The van der Waals surface area contributed by atoms with Crippen molar-refractivity contribution in [2.24, 2.45) is 11.8 Å². The van der Waals surface area contributed by atoms with Gasteiger partial charge in [0.25, 0.3) is 0 Å². The number of hydrogen-bond donors (Lipinski definition) is 0. The highest BCUT2D eigenvalue weighted by Crippen LogP contribution is 2.30. The fourth-order valence-corrected chi connectivity index (χ4v) is 4.81. The lowest BCUT2D eigenvalue weighted by Gasteiger charge is -2.27. The largest absolute Gasteiger partial charge is 0.228 e. The van der Waals surface area contributed by atoms with Gasteiger partial charge >= 0.3 is 0 Å². The Kier molecular flexibility index (Phi) is 4.79. The molecule has 0 aliphatic heterocycles. The third-order valence-corrected chi connectivity index (χ3v) is 6.06. The van der Waals surface area contributed by atoms with E-state index in [1.807, 2.05) is 13.8 Å². The van der Waals surface area contributed by atoms with Gasteiger partial charge in [0.05, 0.1) is 23.0 Å². The van der Waals surface area contributed by atoms with Gasteiger partial charge in [-0.25, -0.2) is 8.42 Å². The quantitative estimate of drug-likeness (QED) is 0.762. The summed E-state index contributed by atoms with van der Waals surface area (Å²) in [5.74, 6) is 0.167. The summed E-state index contributed by atoms with van der Waals surface area (Å²) in [7, 11) is -3.08. The maximum atomic E-state index is 12.2. The third kappa shape index (κ3) is 3.21. The Morgan fingerprint density at radius 1 is 1.38 bits per heavy atom. The van der Waals surface area contributed by atoms with Crippen LogP contribution in [-0.2, 0) is 9.84 Å². The molecule has 0 heterocycles. The highest BCUT2D eigenvalue weighted by Gasteiger charge is 2.35. The van der Waals surface area contributed by atoms with Gasteiger partial charge < -0.3 is 0 Å². The van der Waals surface area contributed by atoms with Gasteiger partial charge in [0.15, 0.2) is 9.84 Å². The summed E-state index contributed by atoms with van der Waals surface area (Å²) >= 11 is 0. The molecule has 0 saturated heterocycles. The molecule has 0 amide bonds. The van der Waals surface area contributed by atoms with Crippen molar-refractivity contribution in [2.45, 2.75) is 51.2 Å². The molecule has 0 bridgehead atoms. The SMILES string of the molecule is CCC(C)CS(=O)(=O)C1CCCCC1C#N. The van der Waals surface area contributed by atoms with Crippen molar-refractivity contribution >= 4 is 9.84 Å². The summed E-state index contributed by atoms with van der Waals surface area (Å²) in [6.45, 7) is 3.96. The van der Waals surface area contributed by atoms with Crippen molar-refractivity contribution in [1.29, 1.82) is 5.26 Å². The Hall–Kier alpha value is -0.560. The zero-order valence-corrected chi connectivity index (χ0v) is 11.0. The van der Waals surface area contributed by atoms with Gasteiger partial charge in [-0.05, 0) is 18.8 Å². The highest BCUT2D eigenvalue weighted by atomic mass is 32.2. The van der Waals surface area contributed by atoms with E-state index in [-0.39, 0.29) is 17.6 Å². The van der Waals surface area contributed by atoms with E-state index in [0.29, 0.717) is 6.42 Å². The average Bonchev–Trinajstić information content (AvgIpc) is 2.28. The van der Waals surface area contributed by atoms with Crippen LogP contribution in [0.15, 0.2) is 0 Å². The van der Waals surface area contributed by atoms with Crippen molar-refractivity contribution in [3.8, 4) is 6.07 Å². The first-order chi connectivity index (χ1) is 7.51. The Labute approximate surface area is 98.8 Å². The van der Waals surface area contributed by atoms with Crippen LogP contribution >= 0.6 is 0 Å². The topological polar surface area (TPSA) is 57.9 Å². The first kappa shape index (κ1) is 13.5. The van der Waals surface area contributed by atoms with Gasteiger partial charge in [-0.3, -0.25) is 0 Å². The van der Waals surface area contributed by atoms with Gasteiger partial charge in [-0.1, -0.05) is 33.1 Å². The molecule has 0 aromatic rings. The zero-order valence-electron chi connectivity index (χ0n) is 10.1. The van der Waals surface area contributed by atoms with Crippen LogP contribution in [0.5, 0.6) is 0 Å². The van der Waals surface area contributed by atoms with E-state index in [1.54, 1.807) is 0 Å². The van der Waals surface area contributed by atoms with Crippen LogP contribution < -0.4 is 0 Å². The van der Waals surface area contributed by atoms with Gasteiger partial charge in [0.2, 0.25) is 0 Å².